The first-order valence-electron chi connectivity index (χ1n) is 11.2. The highest BCUT2D eigenvalue weighted by Gasteiger charge is 2.53. The lowest BCUT2D eigenvalue weighted by atomic mass is 9.45. The zero-order chi connectivity index (χ0) is 20.9. The molecule has 1 saturated heterocycles. The van der Waals surface area contributed by atoms with E-state index < -0.39 is 0 Å². The Morgan fingerprint density at radius 1 is 1.23 bits per heavy atom. The molecule has 7 heteroatoms. The average molecular weight is 410 g/mol. The van der Waals surface area contributed by atoms with Gasteiger partial charge in [-0.05, 0) is 67.5 Å². The van der Waals surface area contributed by atoms with Crippen molar-refractivity contribution in [2.45, 2.75) is 45.6 Å². The number of imidazole rings is 1. The second kappa shape index (κ2) is 7.38. The van der Waals surface area contributed by atoms with E-state index in [0.717, 1.165) is 25.4 Å². The molecule has 4 fully saturated rings. The zero-order valence-corrected chi connectivity index (χ0v) is 17.8. The smallest absolute Gasteiger partial charge is 0.271 e. The Labute approximate surface area is 177 Å². The van der Waals surface area contributed by atoms with E-state index in [2.05, 4.69) is 34.8 Å². The molecule has 1 aliphatic heterocycles. The van der Waals surface area contributed by atoms with E-state index in [1.54, 1.807) is 16.7 Å². The molecule has 2 bridgehead atoms. The van der Waals surface area contributed by atoms with Gasteiger partial charge < -0.3 is 16.0 Å². The summed E-state index contributed by atoms with van der Waals surface area (Å²) >= 11 is 0. The van der Waals surface area contributed by atoms with Gasteiger partial charge in [-0.3, -0.25) is 14.0 Å². The third-order valence-corrected chi connectivity index (χ3v) is 7.88. The fraction of sp³-hybridized carbons (Fsp3) is 0.609. The van der Waals surface area contributed by atoms with Crippen LogP contribution in [0.2, 0.25) is 0 Å². The molecule has 0 aromatic carbocycles. The van der Waals surface area contributed by atoms with Gasteiger partial charge in [-0.15, -0.1) is 0 Å². The number of nitrogens with one attached hydrogen (secondary N) is 3. The molecule has 6 rings (SSSR count). The number of hydrogen-bond donors (Lipinski definition) is 3. The van der Waals surface area contributed by atoms with Crippen LogP contribution in [0.25, 0.3) is 5.65 Å². The maximum absolute atomic E-state index is 13.0. The van der Waals surface area contributed by atoms with Crippen LogP contribution in [0.5, 0.6) is 0 Å². The van der Waals surface area contributed by atoms with Crippen molar-refractivity contribution in [1.29, 1.82) is 0 Å². The Balaban J connectivity index is 1.28. The van der Waals surface area contributed by atoms with Crippen LogP contribution in [0.1, 0.15) is 60.5 Å². The second-order valence-electron chi connectivity index (χ2n) is 9.84. The molecule has 3 heterocycles. The average Bonchev–Trinajstić information content (AvgIpc) is 3.41. The minimum atomic E-state index is -0.192. The molecule has 0 radical (unpaired) electrons. The zero-order valence-electron chi connectivity index (χ0n) is 17.8. The summed E-state index contributed by atoms with van der Waals surface area (Å²) in [6.45, 7) is 7.17. The van der Waals surface area contributed by atoms with Crippen LogP contribution in [-0.2, 0) is 0 Å². The molecule has 4 aliphatic rings. The summed E-state index contributed by atoms with van der Waals surface area (Å²) in [4.78, 5) is 30.0. The quantitative estimate of drug-likeness (QED) is 0.707. The van der Waals surface area contributed by atoms with E-state index in [1.165, 1.54) is 19.3 Å². The third-order valence-electron chi connectivity index (χ3n) is 7.88. The molecule has 3 N–H and O–H groups in total. The Morgan fingerprint density at radius 3 is 2.83 bits per heavy atom. The lowest BCUT2D eigenvalue weighted by Gasteiger charge is -2.60. The van der Waals surface area contributed by atoms with Gasteiger partial charge in [0.15, 0.2) is 0 Å². The number of fused-ring (bicyclic) bond motifs is 3. The van der Waals surface area contributed by atoms with Crippen LogP contribution in [0.15, 0.2) is 24.4 Å². The van der Waals surface area contributed by atoms with Gasteiger partial charge in [0, 0.05) is 25.3 Å². The Bertz CT molecular complexity index is 973. The van der Waals surface area contributed by atoms with E-state index >= 15 is 0 Å². The van der Waals surface area contributed by atoms with Gasteiger partial charge in [0.05, 0.1) is 0 Å². The Morgan fingerprint density at radius 2 is 2.10 bits per heavy atom. The molecular formula is C23H31N5O2. The predicted molar refractivity (Wildman–Crippen MR) is 114 cm³/mol. The lowest BCUT2D eigenvalue weighted by Crippen LogP contribution is -2.54. The molecule has 4 atom stereocenters. The number of carbonyl (C=O) groups excluding carboxylic acids is 2. The fourth-order valence-electron chi connectivity index (χ4n) is 5.86. The molecule has 3 saturated carbocycles. The van der Waals surface area contributed by atoms with Crippen molar-refractivity contribution < 1.29 is 9.59 Å². The first-order valence-corrected chi connectivity index (χ1v) is 11.2. The second-order valence-corrected chi connectivity index (χ2v) is 9.84. The summed E-state index contributed by atoms with van der Waals surface area (Å²) in [5.74, 6) is 1.82. The van der Waals surface area contributed by atoms with Gasteiger partial charge in [-0.25, -0.2) is 4.98 Å². The summed E-state index contributed by atoms with van der Waals surface area (Å²) in [6.07, 6.45) is 6.37. The van der Waals surface area contributed by atoms with E-state index in [9.17, 15) is 9.59 Å². The molecule has 2 aromatic rings. The minimum absolute atomic E-state index is 0.107. The molecule has 160 valence electrons. The molecule has 7 nitrogen and oxygen atoms in total. The highest BCUT2D eigenvalue weighted by molar-refractivity contribution is 5.95. The normalized spacial score (nSPS) is 29.4. The van der Waals surface area contributed by atoms with E-state index in [4.69, 9.17) is 0 Å². The summed E-state index contributed by atoms with van der Waals surface area (Å²) in [6, 6.07) is 5.57. The summed E-state index contributed by atoms with van der Waals surface area (Å²) in [5.41, 5.74) is 1.88. The van der Waals surface area contributed by atoms with Crippen LogP contribution in [0, 0.1) is 23.2 Å². The van der Waals surface area contributed by atoms with Crippen molar-refractivity contribution >= 4 is 17.5 Å². The summed E-state index contributed by atoms with van der Waals surface area (Å²) in [7, 11) is 0. The highest BCUT2D eigenvalue weighted by atomic mass is 16.2. The first-order chi connectivity index (χ1) is 14.4. The number of pyridine rings is 1. The van der Waals surface area contributed by atoms with Crippen molar-refractivity contribution in [3.05, 3.63) is 35.8 Å². The number of amides is 2. The van der Waals surface area contributed by atoms with Gasteiger partial charge >= 0.3 is 0 Å². The standard InChI is InChI=1S/C23H31N5O2/c1-23(2)15-7-6-14(17(23)10-15)11-25-22(30)19-4-3-5-20-27-18(13-28(19)20)21(29)26-16-8-9-24-12-16/h3-5,13-17,24H,6-12H2,1-2H3,(H,25,30)(H,26,29)/t14-,15-,16?,17-/m0/s1. The molecule has 2 aromatic heterocycles. The molecular weight excluding hydrogens is 378 g/mol. The fourth-order valence-corrected chi connectivity index (χ4v) is 5.86. The van der Waals surface area contributed by atoms with Crippen LogP contribution in [0.3, 0.4) is 0 Å². The Kier molecular flexibility index (Phi) is 4.81. The van der Waals surface area contributed by atoms with Gasteiger partial charge in [0.25, 0.3) is 11.8 Å². The number of nitrogens with zero attached hydrogens (tertiary/aromatic N) is 2. The largest absolute Gasteiger partial charge is 0.350 e. The predicted octanol–water partition coefficient (Wildman–Crippen LogP) is 2.23. The topological polar surface area (TPSA) is 87.5 Å². The van der Waals surface area contributed by atoms with Gasteiger partial charge in [-0.1, -0.05) is 19.9 Å². The maximum Gasteiger partial charge on any atom is 0.271 e. The van der Waals surface area contributed by atoms with Crippen LogP contribution in [0.4, 0.5) is 0 Å². The minimum Gasteiger partial charge on any atom is -0.350 e. The van der Waals surface area contributed by atoms with Crippen molar-refractivity contribution in [1.82, 2.24) is 25.3 Å². The molecule has 2 amide bonds. The van der Waals surface area contributed by atoms with Crippen LogP contribution in [-0.4, -0.2) is 46.9 Å². The molecule has 30 heavy (non-hydrogen) atoms. The van der Waals surface area contributed by atoms with E-state index in [0.29, 0.717) is 40.8 Å². The number of aromatic nitrogens is 2. The molecule has 0 spiro atoms. The monoisotopic (exact) mass is 409 g/mol. The van der Waals surface area contributed by atoms with Crippen molar-refractivity contribution in [2.75, 3.05) is 19.6 Å². The number of rotatable bonds is 5. The van der Waals surface area contributed by atoms with Crippen LogP contribution >= 0.6 is 0 Å². The van der Waals surface area contributed by atoms with Gasteiger partial charge in [0.1, 0.15) is 17.0 Å². The SMILES string of the molecule is CC1(C)[C@H]2CC[C@@H](CNC(=O)c3cccc4nc(C(=O)NC5CCNC5)cn34)[C@@H]1C2. The highest BCUT2D eigenvalue weighted by Crippen LogP contribution is 2.61. The van der Waals surface area contributed by atoms with Crippen LogP contribution < -0.4 is 16.0 Å². The molecule has 3 aliphatic carbocycles. The summed E-state index contributed by atoms with van der Waals surface area (Å²) in [5, 5.41) is 9.41. The molecule has 1 unspecified atom stereocenters. The third kappa shape index (κ3) is 3.29. The van der Waals surface area contributed by atoms with Crippen molar-refractivity contribution in [3.63, 3.8) is 0 Å². The van der Waals surface area contributed by atoms with Gasteiger partial charge in [0.2, 0.25) is 0 Å². The lowest BCUT2D eigenvalue weighted by molar-refractivity contribution is -0.103. The number of carbonyl (C=O) groups is 2. The maximum atomic E-state index is 13.0. The first kappa shape index (κ1) is 19.5. The van der Waals surface area contributed by atoms with Crippen molar-refractivity contribution in [2.24, 2.45) is 23.2 Å². The number of hydrogen-bond acceptors (Lipinski definition) is 4. The van der Waals surface area contributed by atoms with E-state index in [-0.39, 0.29) is 17.9 Å². The van der Waals surface area contributed by atoms with E-state index in [1.807, 2.05) is 12.1 Å². The Hall–Kier alpha value is -2.41. The summed E-state index contributed by atoms with van der Waals surface area (Å²) < 4.78 is 1.72. The van der Waals surface area contributed by atoms with Gasteiger partial charge in [-0.2, -0.15) is 0 Å². The van der Waals surface area contributed by atoms with Crippen molar-refractivity contribution in [3.8, 4) is 0 Å².